The van der Waals surface area contributed by atoms with Gasteiger partial charge >= 0.3 is 177 Å². The van der Waals surface area contributed by atoms with Crippen molar-refractivity contribution in [3.8, 4) is 0 Å². The summed E-state index contributed by atoms with van der Waals surface area (Å²) < 4.78 is -0.571. The summed E-state index contributed by atoms with van der Waals surface area (Å²) >= 11 is -2.76. The predicted molar refractivity (Wildman–Crippen MR) is 111 cm³/mol. The number of allylic oxidation sites excluding steroid dienone is 2. The third-order valence-corrected chi connectivity index (χ3v) is 11.0. The molecular formula is C23H23Cl2OZr. The van der Waals surface area contributed by atoms with E-state index in [0.717, 1.165) is 6.42 Å². The first kappa shape index (κ1) is 19.7. The molecule has 2 aliphatic carbocycles. The van der Waals surface area contributed by atoms with Crippen LogP contribution in [0.1, 0.15) is 53.9 Å². The van der Waals surface area contributed by atoms with Crippen molar-refractivity contribution in [3.63, 3.8) is 0 Å². The second-order valence-corrected chi connectivity index (χ2v) is 16.6. The molecular weight excluding hydrogens is 454 g/mol. The molecule has 139 valence electrons. The first-order valence-corrected chi connectivity index (χ1v) is 17.2. The quantitative estimate of drug-likeness (QED) is 0.495. The second-order valence-electron chi connectivity index (χ2n) is 7.53. The SMILES string of the molecule is CCC(C[CH](O)[Zr]([Cl])[Cl])(C1C=Cc2ccccc21)C1C=Cc2ccccc21. The molecule has 1 N–H and O–H groups in total. The molecule has 3 atom stereocenters. The molecule has 3 unspecified atom stereocenters. The molecule has 0 amide bonds. The summed E-state index contributed by atoms with van der Waals surface area (Å²) in [6.07, 6.45) is 10.7. The molecule has 4 rings (SSSR count). The maximum absolute atomic E-state index is 10.8. The molecule has 0 bridgehead atoms. The van der Waals surface area contributed by atoms with Crippen LogP contribution in [0.5, 0.6) is 0 Å². The Bertz CT molecular complexity index is 828. The van der Waals surface area contributed by atoms with Crippen LogP contribution >= 0.6 is 17.0 Å². The molecule has 0 saturated carbocycles. The molecule has 0 aromatic heterocycles. The van der Waals surface area contributed by atoms with Crippen molar-refractivity contribution in [2.24, 2.45) is 5.41 Å². The van der Waals surface area contributed by atoms with Crippen molar-refractivity contribution in [2.75, 3.05) is 0 Å². The van der Waals surface area contributed by atoms with Crippen LogP contribution in [-0.4, -0.2) is 8.92 Å². The number of halogens is 2. The minimum absolute atomic E-state index is 0.152. The summed E-state index contributed by atoms with van der Waals surface area (Å²) in [6.45, 7) is 2.24. The summed E-state index contributed by atoms with van der Waals surface area (Å²) in [5.41, 5.74) is 5.10. The van der Waals surface area contributed by atoms with Crippen LogP contribution in [0, 0.1) is 5.41 Å². The fourth-order valence-corrected chi connectivity index (χ4v) is 7.20. The summed E-state index contributed by atoms with van der Waals surface area (Å²) in [4.78, 5) is 0. The van der Waals surface area contributed by atoms with E-state index in [1.54, 1.807) is 0 Å². The topological polar surface area (TPSA) is 20.2 Å². The molecule has 1 nitrogen and oxygen atoms in total. The number of aliphatic hydroxyl groups excluding tert-OH is 1. The molecule has 2 aromatic carbocycles. The third-order valence-electron chi connectivity index (χ3n) is 6.32. The van der Waals surface area contributed by atoms with Gasteiger partial charge < -0.3 is 0 Å². The fraction of sp³-hybridized carbons (Fsp3) is 0.304. The van der Waals surface area contributed by atoms with Crippen molar-refractivity contribution in [1.82, 2.24) is 0 Å². The van der Waals surface area contributed by atoms with Gasteiger partial charge in [0.25, 0.3) is 0 Å². The van der Waals surface area contributed by atoms with Gasteiger partial charge in [-0.15, -0.1) is 0 Å². The van der Waals surface area contributed by atoms with E-state index in [4.69, 9.17) is 17.0 Å². The zero-order chi connectivity index (χ0) is 19.0. The van der Waals surface area contributed by atoms with Crippen LogP contribution in [-0.2, 0) is 19.4 Å². The number of benzene rings is 2. The predicted octanol–water partition coefficient (Wildman–Crippen LogP) is 6.64. The number of hydrogen-bond acceptors (Lipinski definition) is 1. The Kier molecular flexibility index (Phi) is 5.82. The van der Waals surface area contributed by atoms with Gasteiger partial charge in [0.15, 0.2) is 0 Å². The molecule has 4 heteroatoms. The standard InChI is InChI=1S/C23H23O.2ClH.Zr/c1-2-23(15-16-24,21-13-11-17-7-3-5-9-19(17)21)22-14-12-18-8-4-6-10-20(18)22;;;/h3-14,16,21-22,24H,2,15H2,1H3;2*1H;/q;;;+2/p-2. The molecule has 2 aromatic rings. The van der Waals surface area contributed by atoms with Gasteiger partial charge in [0.05, 0.1) is 0 Å². The van der Waals surface area contributed by atoms with Gasteiger partial charge in [-0.1, -0.05) is 0 Å². The number of rotatable bonds is 6. The van der Waals surface area contributed by atoms with Crippen LogP contribution in [0.4, 0.5) is 0 Å². The Morgan fingerprint density at radius 3 is 1.85 bits per heavy atom. The zero-order valence-corrected chi connectivity index (χ0v) is 19.2. The van der Waals surface area contributed by atoms with E-state index < -0.39 is 23.2 Å². The molecule has 0 aliphatic heterocycles. The molecule has 0 heterocycles. The van der Waals surface area contributed by atoms with E-state index in [2.05, 4.69) is 79.8 Å². The summed E-state index contributed by atoms with van der Waals surface area (Å²) in [5, 5.41) is 10.8. The molecule has 2 aliphatic rings. The van der Waals surface area contributed by atoms with Gasteiger partial charge in [-0.3, -0.25) is 0 Å². The monoisotopic (exact) mass is 475 g/mol. The van der Waals surface area contributed by atoms with Crippen molar-refractivity contribution in [1.29, 1.82) is 0 Å². The van der Waals surface area contributed by atoms with E-state index in [1.807, 2.05) is 0 Å². The Balaban J connectivity index is 1.84. The van der Waals surface area contributed by atoms with Crippen molar-refractivity contribution in [3.05, 3.63) is 82.9 Å². The van der Waals surface area contributed by atoms with Gasteiger partial charge in [-0.05, 0) is 0 Å². The fourth-order valence-electron chi connectivity index (χ4n) is 4.97. The third kappa shape index (κ3) is 3.44. The second kappa shape index (κ2) is 7.99. The molecule has 0 saturated heterocycles. The van der Waals surface area contributed by atoms with Crippen LogP contribution in [0.2, 0.25) is 0 Å². The Morgan fingerprint density at radius 2 is 1.41 bits per heavy atom. The van der Waals surface area contributed by atoms with E-state index >= 15 is 0 Å². The molecule has 0 radical (unpaired) electrons. The normalized spacial score (nSPS) is 23.0. The number of aliphatic hydroxyl groups is 1. The average Bonchev–Trinajstić information content (AvgIpc) is 3.31. The number of fused-ring (bicyclic) bond motifs is 2. The van der Waals surface area contributed by atoms with Crippen LogP contribution < -0.4 is 0 Å². The van der Waals surface area contributed by atoms with Crippen molar-refractivity contribution < 1.29 is 24.5 Å². The van der Waals surface area contributed by atoms with Crippen LogP contribution in [0.15, 0.2) is 60.7 Å². The van der Waals surface area contributed by atoms with Crippen molar-refractivity contribution in [2.45, 2.75) is 35.4 Å². The first-order valence-electron chi connectivity index (χ1n) is 9.47. The maximum atomic E-state index is 10.8. The van der Waals surface area contributed by atoms with Gasteiger partial charge in [0.1, 0.15) is 0 Å². The van der Waals surface area contributed by atoms with Crippen LogP contribution in [0.3, 0.4) is 0 Å². The van der Waals surface area contributed by atoms with E-state index in [1.165, 1.54) is 22.3 Å². The van der Waals surface area contributed by atoms with Gasteiger partial charge in [0.2, 0.25) is 0 Å². The minimum atomic E-state index is -2.76. The van der Waals surface area contributed by atoms with Gasteiger partial charge in [0, 0.05) is 0 Å². The van der Waals surface area contributed by atoms with Gasteiger partial charge in [-0.25, -0.2) is 0 Å². The van der Waals surface area contributed by atoms with Crippen molar-refractivity contribution >= 4 is 29.2 Å². The van der Waals surface area contributed by atoms with Gasteiger partial charge in [-0.2, -0.15) is 0 Å². The Hall–Kier alpha value is -0.657. The zero-order valence-electron chi connectivity index (χ0n) is 15.3. The molecule has 0 fully saturated rings. The summed E-state index contributed by atoms with van der Waals surface area (Å²) in [7, 11) is 12.6. The van der Waals surface area contributed by atoms with E-state index in [0.29, 0.717) is 6.42 Å². The Morgan fingerprint density at radius 1 is 0.926 bits per heavy atom. The molecule has 0 spiro atoms. The van der Waals surface area contributed by atoms with E-state index in [-0.39, 0.29) is 17.3 Å². The average molecular weight is 478 g/mol. The Labute approximate surface area is 176 Å². The summed E-state index contributed by atoms with van der Waals surface area (Å²) in [5.74, 6) is 0.482. The summed E-state index contributed by atoms with van der Waals surface area (Å²) in [6, 6.07) is 17.2. The van der Waals surface area contributed by atoms with E-state index in [9.17, 15) is 5.11 Å². The first-order chi connectivity index (χ1) is 13.1. The van der Waals surface area contributed by atoms with Crippen LogP contribution in [0.25, 0.3) is 12.2 Å². The molecule has 27 heavy (non-hydrogen) atoms. The number of hydrogen-bond donors (Lipinski definition) is 1.